The average Bonchev–Trinajstić information content (AvgIpc) is 2.38. The molecule has 2 rings (SSSR count). The summed E-state index contributed by atoms with van der Waals surface area (Å²) in [6, 6.07) is 0. The summed E-state index contributed by atoms with van der Waals surface area (Å²) < 4.78 is 0. The smallest absolute Gasteiger partial charge is 0.147 e. The highest BCUT2D eigenvalue weighted by atomic mass is 15.0. The number of nitrogens with one attached hydrogen (secondary N) is 1. The van der Waals surface area contributed by atoms with E-state index in [1.807, 2.05) is 13.2 Å². The summed E-state index contributed by atoms with van der Waals surface area (Å²) in [6.07, 6.45) is 8.69. The van der Waals surface area contributed by atoms with E-state index in [0.717, 1.165) is 17.4 Å². The van der Waals surface area contributed by atoms with Crippen molar-refractivity contribution in [1.82, 2.24) is 9.97 Å². The van der Waals surface area contributed by atoms with Crippen molar-refractivity contribution >= 4 is 5.82 Å². The van der Waals surface area contributed by atoms with E-state index >= 15 is 0 Å². The summed E-state index contributed by atoms with van der Waals surface area (Å²) in [5.41, 5.74) is 1.60. The summed E-state index contributed by atoms with van der Waals surface area (Å²) in [7, 11) is 1.92. The van der Waals surface area contributed by atoms with Crippen molar-refractivity contribution in [2.75, 3.05) is 12.4 Å². The molecule has 1 aromatic heterocycles. The van der Waals surface area contributed by atoms with Gasteiger partial charge in [-0.15, -0.1) is 0 Å². The number of hydrogen-bond acceptors (Lipinski definition) is 3. The van der Waals surface area contributed by atoms with E-state index in [9.17, 15) is 0 Å². The summed E-state index contributed by atoms with van der Waals surface area (Å²) in [6.45, 7) is 7.08. The molecule has 0 aliphatic heterocycles. The number of anilines is 1. The van der Waals surface area contributed by atoms with Crippen molar-refractivity contribution in [3.63, 3.8) is 0 Å². The molecule has 1 aromatic rings. The highest BCUT2D eigenvalue weighted by molar-refractivity contribution is 5.40. The van der Waals surface area contributed by atoms with Gasteiger partial charge >= 0.3 is 0 Å². The van der Waals surface area contributed by atoms with Gasteiger partial charge in [0.1, 0.15) is 5.82 Å². The van der Waals surface area contributed by atoms with E-state index in [1.165, 1.54) is 25.7 Å². The molecule has 18 heavy (non-hydrogen) atoms. The van der Waals surface area contributed by atoms with Crippen LogP contribution in [-0.2, 0) is 0 Å². The molecule has 0 unspecified atom stereocenters. The Morgan fingerprint density at radius 2 is 1.67 bits per heavy atom. The van der Waals surface area contributed by atoms with E-state index in [0.29, 0.717) is 11.3 Å². The van der Waals surface area contributed by atoms with Crippen LogP contribution in [0.1, 0.15) is 58.1 Å². The van der Waals surface area contributed by atoms with Gasteiger partial charge in [0.15, 0.2) is 0 Å². The lowest BCUT2D eigenvalue weighted by Crippen LogP contribution is -2.25. The molecule has 0 saturated heterocycles. The van der Waals surface area contributed by atoms with Crippen LogP contribution in [0.5, 0.6) is 0 Å². The number of nitrogens with zero attached hydrogens (tertiary/aromatic N) is 2. The molecule has 0 bridgehead atoms. The first kappa shape index (κ1) is 13.3. The normalized spacial score (nSPS) is 24.9. The van der Waals surface area contributed by atoms with E-state index in [2.05, 4.69) is 36.1 Å². The number of rotatable bonds is 2. The zero-order chi connectivity index (χ0) is 13.2. The molecule has 3 nitrogen and oxygen atoms in total. The van der Waals surface area contributed by atoms with Crippen molar-refractivity contribution in [2.24, 2.45) is 11.3 Å². The summed E-state index contributed by atoms with van der Waals surface area (Å²) in [4.78, 5) is 8.90. The van der Waals surface area contributed by atoms with Crippen LogP contribution in [0.25, 0.3) is 0 Å². The fourth-order valence-electron chi connectivity index (χ4n) is 3.07. The lowest BCUT2D eigenvalue weighted by atomic mass is 9.69. The SMILES string of the molecule is CNc1nccnc1C1CCC(C(C)(C)C)CC1. The van der Waals surface area contributed by atoms with Gasteiger partial charge in [0.25, 0.3) is 0 Å². The Bertz CT molecular complexity index is 387. The third-order valence-corrected chi connectivity index (χ3v) is 4.30. The first-order valence-electron chi connectivity index (χ1n) is 7.01. The van der Waals surface area contributed by atoms with Crippen molar-refractivity contribution in [2.45, 2.75) is 52.4 Å². The molecule has 1 fully saturated rings. The average molecular weight is 247 g/mol. The highest BCUT2D eigenvalue weighted by Crippen LogP contribution is 2.43. The monoisotopic (exact) mass is 247 g/mol. The molecule has 1 aliphatic rings. The molecule has 1 aliphatic carbocycles. The van der Waals surface area contributed by atoms with Crippen LogP contribution >= 0.6 is 0 Å². The Balaban J connectivity index is 2.06. The van der Waals surface area contributed by atoms with Gasteiger partial charge in [-0.25, -0.2) is 4.98 Å². The molecule has 0 amide bonds. The fraction of sp³-hybridized carbons (Fsp3) is 0.733. The molecular weight excluding hydrogens is 222 g/mol. The maximum Gasteiger partial charge on any atom is 0.147 e. The molecule has 1 N–H and O–H groups in total. The molecule has 1 heterocycles. The van der Waals surface area contributed by atoms with Gasteiger partial charge in [-0.3, -0.25) is 4.98 Å². The second kappa shape index (κ2) is 5.25. The quantitative estimate of drug-likeness (QED) is 0.863. The number of aromatic nitrogens is 2. The lowest BCUT2D eigenvalue weighted by Gasteiger charge is -2.37. The van der Waals surface area contributed by atoms with Gasteiger partial charge in [0, 0.05) is 25.4 Å². The topological polar surface area (TPSA) is 37.8 Å². The summed E-state index contributed by atoms with van der Waals surface area (Å²) in [5.74, 6) is 2.39. The van der Waals surface area contributed by atoms with Crippen molar-refractivity contribution < 1.29 is 0 Å². The van der Waals surface area contributed by atoms with Gasteiger partial charge in [0.2, 0.25) is 0 Å². The van der Waals surface area contributed by atoms with Gasteiger partial charge in [-0.1, -0.05) is 20.8 Å². The first-order chi connectivity index (χ1) is 8.52. The maximum absolute atomic E-state index is 4.54. The van der Waals surface area contributed by atoms with Crippen molar-refractivity contribution in [3.05, 3.63) is 18.1 Å². The predicted molar refractivity (Wildman–Crippen MR) is 75.7 cm³/mol. The van der Waals surface area contributed by atoms with Gasteiger partial charge in [-0.05, 0) is 37.0 Å². The Kier molecular flexibility index (Phi) is 3.88. The minimum absolute atomic E-state index is 0.444. The summed E-state index contributed by atoms with van der Waals surface area (Å²) in [5, 5.41) is 3.16. The van der Waals surface area contributed by atoms with Crippen LogP contribution in [0.3, 0.4) is 0 Å². The van der Waals surface area contributed by atoms with Crippen LogP contribution in [0.2, 0.25) is 0 Å². The number of hydrogen-bond donors (Lipinski definition) is 1. The molecule has 0 atom stereocenters. The molecule has 3 heteroatoms. The standard InChI is InChI=1S/C15H25N3/c1-15(2,3)12-7-5-11(6-8-12)13-14(16-4)18-10-9-17-13/h9-12H,5-8H2,1-4H3,(H,16,18). The van der Waals surface area contributed by atoms with Gasteiger partial charge in [0.05, 0.1) is 5.69 Å². The van der Waals surface area contributed by atoms with Crippen LogP contribution < -0.4 is 5.32 Å². The largest absolute Gasteiger partial charge is 0.372 e. The second-order valence-corrected chi connectivity index (χ2v) is 6.45. The van der Waals surface area contributed by atoms with Crippen molar-refractivity contribution in [3.8, 4) is 0 Å². The van der Waals surface area contributed by atoms with Crippen LogP contribution in [-0.4, -0.2) is 17.0 Å². The van der Waals surface area contributed by atoms with Gasteiger partial charge in [-0.2, -0.15) is 0 Å². The Hall–Kier alpha value is -1.12. The lowest BCUT2D eigenvalue weighted by molar-refractivity contribution is 0.168. The molecule has 0 radical (unpaired) electrons. The van der Waals surface area contributed by atoms with E-state index in [4.69, 9.17) is 0 Å². The third kappa shape index (κ3) is 2.82. The minimum Gasteiger partial charge on any atom is -0.372 e. The Labute approximate surface area is 110 Å². The Morgan fingerprint density at radius 1 is 1.06 bits per heavy atom. The molecule has 1 saturated carbocycles. The Morgan fingerprint density at radius 3 is 2.22 bits per heavy atom. The molecule has 0 aromatic carbocycles. The first-order valence-corrected chi connectivity index (χ1v) is 7.01. The van der Waals surface area contributed by atoms with Gasteiger partial charge < -0.3 is 5.32 Å². The van der Waals surface area contributed by atoms with Crippen LogP contribution in [0, 0.1) is 11.3 Å². The zero-order valence-corrected chi connectivity index (χ0v) is 12.0. The van der Waals surface area contributed by atoms with E-state index < -0.39 is 0 Å². The molecule has 100 valence electrons. The van der Waals surface area contributed by atoms with Crippen LogP contribution in [0.4, 0.5) is 5.82 Å². The molecular formula is C15H25N3. The second-order valence-electron chi connectivity index (χ2n) is 6.45. The minimum atomic E-state index is 0.444. The van der Waals surface area contributed by atoms with Crippen molar-refractivity contribution in [1.29, 1.82) is 0 Å². The molecule has 0 spiro atoms. The van der Waals surface area contributed by atoms with E-state index in [1.54, 1.807) is 6.20 Å². The predicted octanol–water partition coefficient (Wildman–Crippen LogP) is 3.84. The zero-order valence-electron chi connectivity index (χ0n) is 12.0. The fourth-order valence-corrected chi connectivity index (χ4v) is 3.07. The highest BCUT2D eigenvalue weighted by Gasteiger charge is 2.31. The third-order valence-electron chi connectivity index (χ3n) is 4.30. The summed E-state index contributed by atoms with van der Waals surface area (Å²) >= 11 is 0. The van der Waals surface area contributed by atoms with E-state index in [-0.39, 0.29) is 0 Å². The maximum atomic E-state index is 4.54. The van der Waals surface area contributed by atoms with Crippen LogP contribution in [0.15, 0.2) is 12.4 Å².